The van der Waals surface area contributed by atoms with Gasteiger partial charge in [0.05, 0.1) is 4.90 Å². The van der Waals surface area contributed by atoms with E-state index in [4.69, 9.17) is 22.3 Å². The molecule has 1 aliphatic heterocycles. The van der Waals surface area contributed by atoms with Gasteiger partial charge in [0.25, 0.3) is 15.0 Å². The average Bonchev–Trinajstić information content (AvgIpc) is 2.70. The SMILES string of the molecule is Cc1c(Cl)cc(S(=O)(=O)Cl)cc1C(=O)N1CCCC1(C)C. The second-order valence-corrected chi connectivity index (χ2v) is 8.86. The minimum Gasteiger partial charge on any atom is -0.334 e. The molecular formula is C14H17Cl2NO3S. The van der Waals surface area contributed by atoms with Crippen LogP contribution < -0.4 is 0 Å². The monoisotopic (exact) mass is 349 g/mol. The number of carbonyl (C=O) groups is 1. The van der Waals surface area contributed by atoms with Gasteiger partial charge in [0.1, 0.15) is 0 Å². The Morgan fingerprint density at radius 3 is 2.43 bits per heavy atom. The van der Waals surface area contributed by atoms with E-state index in [1.165, 1.54) is 12.1 Å². The highest BCUT2D eigenvalue weighted by Gasteiger charge is 2.36. The van der Waals surface area contributed by atoms with Gasteiger partial charge in [-0.15, -0.1) is 0 Å². The second-order valence-electron chi connectivity index (χ2n) is 5.89. The fourth-order valence-corrected chi connectivity index (χ4v) is 3.71. The average molecular weight is 350 g/mol. The first-order chi connectivity index (χ1) is 9.54. The summed E-state index contributed by atoms with van der Waals surface area (Å²) in [5.74, 6) is -0.209. The smallest absolute Gasteiger partial charge is 0.261 e. The lowest BCUT2D eigenvalue weighted by atomic mass is 10.0. The molecule has 116 valence electrons. The minimum atomic E-state index is -3.93. The molecule has 1 saturated heterocycles. The highest BCUT2D eigenvalue weighted by molar-refractivity contribution is 8.13. The fraction of sp³-hybridized carbons (Fsp3) is 0.500. The summed E-state index contributed by atoms with van der Waals surface area (Å²) in [5.41, 5.74) is 0.608. The van der Waals surface area contributed by atoms with Crippen LogP contribution in [0.3, 0.4) is 0 Å². The lowest BCUT2D eigenvalue weighted by Crippen LogP contribution is -2.42. The van der Waals surface area contributed by atoms with Gasteiger partial charge in [-0.1, -0.05) is 11.6 Å². The van der Waals surface area contributed by atoms with Crippen LogP contribution in [0.2, 0.25) is 5.02 Å². The van der Waals surface area contributed by atoms with Crippen molar-refractivity contribution in [1.82, 2.24) is 4.90 Å². The first-order valence-corrected chi connectivity index (χ1v) is 9.29. The number of likely N-dealkylation sites (tertiary alicyclic amines) is 1. The molecule has 1 amide bonds. The third-order valence-corrected chi connectivity index (χ3v) is 5.70. The molecule has 0 unspecified atom stereocenters. The Balaban J connectivity index is 2.53. The van der Waals surface area contributed by atoms with Crippen LogP contribution in [0.25, 0.3) is 0 Å². The van der Waals surface area contributed by atoms with E-state index >= 15 is 0 Å². The Hall–Kier alpha value is -0.780. The van der Waals surface area contributed by atoms with Crippen LogP contribution in [0, 0.1) is 6.92 Å². The molecule has 1 aliphatic rings. The highest BCUT2D eigenvalue weighted by atomic mass is 35.7. The largest absolute Gasteiger partial charge is 0.334 e. The zero-order valence-corrected chi connectivity index (χ0v) is 14.4. The van der Waals surface area contributed by atoms with Crippen molar-refractivity contribution in [2.24, 2.45) is 0 Å². The van der Waals surface area contributed by atoms with E-state index in [1.807, 2.05) is 13.8 Å². The summed E-state index contributed by atoms with van der Waals surface area (Å²) in [6, 6.07) is 2.57. The van der Waals surface area contributed by atoms with Gasteiger partial charge in [-0.05, 0) is 51.3 Å². The van der Waals surface area contributed by atoms with Crippen LogP contribution in [-0.4, -0.2) is 31.3 Å². The van der Waals surface area contributed by atoms with Crippen LogP contribution >= 0.6 is 22.3 Å². The van der Waals surface area contributed by atoms with Crippen LogP contribution in [-0.2, 0) is 9.05 Å². The molecule has 0 N–H and O–H groups in total. The molecule has 0 saturated carbocycles. The molecule has 1 fully saturated rings. The van der Waals surface area contributed by atoms with E-state index in [0.29, 0.717) is 12.1 Å². The van der Waals surface area contributed by atoms with Gasteiger partial charge in [-0.2, -0.15) is 0 Å². The Labute approximate surface area is 134 Å². The molecule has 0 aliphatic carbocycles. The lowest BCUT2D eigenvalue weighted by molar-refractivity contribution is 0.0651. The third-order valence-electron chi connectivity index (χ3n) is 3.98. The number of hydrogen-bond donors (Lipinski definition) is 0. The third kappa shape index (κ3) is 3.20. The molecule has 0 radical (unpaired) electrons. The van der Waals surface area contributed by atoms with Gasteiger partial charge in [0.15, 0.2) is 0 Å². The van der Waals surface area contributed by atoms with Crippen LogP contribution in [0.4, 0.5) is 0 Å². The van der Waals surface area contributed by atoms with Crippen LogP contribution in [0.15, 0.2) is 17.0 Å². The first kappa shape index (κ1) is 16.6. The first-order valence-electron chi connectivity index (χ1n) is 6.61. The Morgan fingerprint density at radius 1 is 1.33 bits per heavy atom. The zero-order chi connectivity index (χ0) is 16.0. The molecule has 0 atom stereocenters. The second kappa shape index (κ2) is 5.45. The van der Waals surface area contributed by atoms with Gasteiger partial charge >= 0.3 is 0 Å². The van der Waals surface area contributed by atoms with E-state index in [2.05, 4.69) is 0 Å². The summed E-state index contributed by atoms with van der Waals surface area (Å²) in [4.78, 5) is 14.4. The van der Waals surface area contributed by atoms with Crippen molar-refractivity contribution >= 4 is 37.2 Å². The number of amides is 1. The molecule has 7 heteroatoms. The summed E-state index contributed by atoms with van der Waals surface area (Å²) in [6.07, 6.45) is 1.85. The standard InChI is InChI=1S/C14H17Cl2NO3S/c1-9-11(7-10(8-12(9)15)21(16,19)20)13(18)17-6-4-5-14(17,2)3/h7-8H,4-6H2,1-3H3. The molecule has 0 aromatic heterocycles. The maximum atomic E-state index is 12.7. The van der Waals surface area contributed by atoms with Crippen LogP contribution in [0.1, 0.15) is 42.6 Å². The predicted octanol–water partition coefficient (Wildman–Crippen LogP) is 3.59. The van der Waals surface area contributed by atoms with Crippen molar-refractivity contribution in [3.05, 3.63) is 28.3 Å². The molecule has 4 nitrogen and oxygen atoms in total. The van der Waals surface area contributed by atoms with Crippen molar-refractivity contribution in [2.45, 2.75) is 44.0 Å². The van der Waals surface area contributed by atoms with Gasteiger partial charge in [0.2, 0.25) is 0 Å². The maximum absolute atomic E-state index is 12.7. The molecule has 0 spiro atoms. The van der Waals surface area contributed by atoms with Crippen molar-refractivity contribution in [3.8, 4) is 0 Å². The maximum Gasteiger partial charge on any atom is 0.261 e. The quantitative estimate of drug-likeness (QED) is 0.766. The summed E-state index contributed by atoms with van der Waals surface area (Å²) in [7, 11) is 1.43. The number of carbonyl (C=O) groups excluding carboxylic acids is 1. The Kier molecular flexibility index (Phi) is 4.30. The zero-order valence-electron chi connectivity index (χ0n) is 12.1. The molecule has 1 aromatic carbocycles. The predicted molar refractivity (Wildman–Crippen MR) is 83.6 cm³/mol. The van der Waals surface area contributed by atoms with Crippen molar-refractivity contribution in [3.63, 3.8) is 0 Å². The van der Waals surface area contributed by atoms with Gasteiger partial charge < -0.3 is 4.90 Å². The number of hydrogen-bond acceptors (Lipinski definition) is 3. The molecule has 21 heavy (non-hydrogen) atoms. The topological polar surface area (TPSA) is 54.5 Å². The van der Waals surface area contributed by atoms with Gasteiger partial charge in [0, 0.05) is 33.4 Å². The minimum absolute atomic E-state index is 0.153. The number of rotatable bonds is 2. The van der Waals surface area contributed by atoms with Crippen molar-refractivity contribution < 1.29 is 13.2 Å². The van der Waals surface area contributed by atoms with E-state index in [-0.39, 0.29) is 26.9 Å². The molecule has 0 bridgehead atoms. The Bertz CT molecular complexity index is 698. The van der Waals surface area contributed by atoms with Crippen molar-refractivity contribution in [2.75, 3.05) is 6.54 Å². The summed E-state index contributed by atoms with van der Waals surface area (Å²) < 4.78 is 23.0. The number of nitrogens with zero attached hydrogens (tertiary/aromatic N) is 1. The van der Waals surface area contributed by atoms with Gasteiger partial charge in [-0.25, -0.2) is 8.42 Å². The van der Waals surface area contributed by atoms with E-state index in [9.17, 15) is 13.2 Å². The number of halogens is 2. The Morgan fingerprint density at radius 2 is 1.95 bits per heavy atom. The van der Waals surface area contributed by atoms with E-state index < -0.39 is 9.05 Å². The molecule has 1 aromatic rings. The molecular weight excluding hydrogens is 333 g/mol. The van der Waals surface area contributed by atoms with Crippen LogP contribution in [0.5, 0.6) is 0 Å². The van der Waals surface area contributed by atoms with Gasteiger partial charge in [-0.3, -0.25) is 4.79 Å². The lowest BCUT2D eigenvalue weighted by Gasteiger charge is -2.32. The fourth-order valence-electron chi connectivity index (χ4n) is 2.65. The molecule has 2 rings (SSSR count). The number of benzene rings is 1. The van der Waals surface area contributed by atoms with E-state index in [1.54, 1.807) is 11.8 Å². The summed E-state index contributed by atoms with van der Waals surface area (Å²) in [6.45, 7) is 6.35. The van der Waals surface area contributed by atoms with E-state index in [0.717, 1.165) is 12.8 Å². The summed E-state index contributed by atoms with van der Waals surface area (Å²) in [5, 5.41) is 0.220. The van der Waals surface area contributed by atoms with Crippen molar-refractivity contribution in [1.29, 1.82) is 0 Å². The summed E-state index contributed by atoms with van der Waals surface area (Å²) >= 11 is 6.05. The normalized spacial score (nSPS) is 18.0. The molecule has 1 heterocycles. The highest BCUT2D eigenvalue weighted by Crippen LogP contribution is 2.33.